The van der Waals surface area contributed by atoms with Gasteiger partial charge in [-0.05, 0) is 24.1 Å². The molecule has 6 nitrogen and oxygen atoms in total. The van der Waals surface area contributed by atoms with Crippen LogP contribution in [0.2, 0.25) is 0 Å². The lowest BCUT2D eigenvalue weighted by atomic mass is 10.2. The van der Waals surface area contributed by atoms with Gasteiger partial charge in [0.15, 0.2) is 15.8 Å². The van der Waals surface area contributed by atoms with Crippen molar-refractivity contribution < 1.29 is 8.42 Å². The van der Waals surface area contributed by atoms with Gasteiger partial charge < -0.3 is 15.5 Å². The second kappa shape index (κ2) is 8.88. The molecule has 0 saturated carbocycles. The fourth-order valence-corrected chi connectivity index (χ4v) is 4.67. The molecule has 138 valence electrons. The van der Waals surface area contributed by atoms with Gasteiger partial charge in [-0.3, -0.25) is 4.99 Å². The molecule has 1 saturated heterocycles. The van der Waals surface area contributed by atoms with Crippen LogP contribution in [0.15, 0.2) is 41.4 Å². The third-order valence-corrected chi connectivity index (χ3v) is 6.14. The maximum Gasteiger partial charge on any atom is 0.191 e. The molecular formula is C17H25IN4O2S. The Kier molecular flexibility index (Phi) is 7.12. The number of halogens is 1. The number of benzene rings is 1. The molecular weight excluding hydrogens is 451 g/mol. The Morgan fingerprint density at radius 1 is 1.24 bits per heavy atom. The third kappa shape index (κ3) is 5.60. The molecule has 1 aromatic rings. The van der Waals surface area contributed by atoms with Crippen LogP contribution in [0.1, 0.15) is 12.0 Å². The summed E-state index contributed by atoms with van der Waals surface area (Å²) in [6.07, 6.45) is 4.99. The number of nitrogens with zero attached hydrogens (tertiary/aromatic N) is 2. The van der Waals surface area contributed by atoms with Gasteiger partial charge in [-0.25, -0.2) is 8.42 Å². The number of nitrogens with one attached hydrogen (secondary N) is 2. The van der Waals surface area contributed by atoms with Gasteiger partial charge in [-0.15, -0.1) is 24.0 Å². The SMILES string of the molecule is CN=C(NCc1ccc(N2CC=CC2)cc1)NC1CCS(=O)(=O)C1.I. The van der Waals surface area contributed by atoms with E-state index < -0.39 is 9.84 Å². The van der Waals surface area contributed by atoms with Crippen molar-refractivity contribution in [1.29, 1.82) is 0 Å². The Hall–Kier alpha value is -1.29. The largest absolute Gasteiger partial charge is 0.364 e. The molecule has 0 spiro atoms. The Balaban J connectivity index is 0.00000225. The fourth-order valence-electron chi connectivity index (χ4n) is 3.00. The zero-order chi connectivity index (χ0) is 17.0. The van der Waals surface area contributed by atoms with Crippen LogP contribution < -0.4 is 15.5 Å². The summed E-state index contributed by atoms with van der Waals surface area (Å²) in [5, 5.41) is 6.44. The maximum atomic E-state index is 11.5. The predicted octanol–water partition coefficient (Wildman–Crippen LogP) is 1.53. The van der Waals surface area contributed by atoms with Crippen molar-refractivity contribution in [2.45, 2.75) is 19.0 Å². The van der Waals surface area contributed by atoms with Crippen molar-refractivity contribution in [3.63, 3.8) is 0 Å². The van der Waals surface area contributed by atoms with E-state index in [-0.39, 0.29) is 41.5 Å². The number of rotatable bonds is 4. The van der Waals surface area contributed by atoms with E-state index in [1.54, 1.807) is 7.05 Å². The summed E-state index contributed by atoms with van der Waals surface area (Å²) in [6.45, 7) is 2.59. The highest BCUT2D eigenvalue weighted by molar-refractivity contribution is 14.0. The molecule has 1 aromatic carbocycles. The second-order valence-electron chi connectivity index (χ2n) is 6.21. The number of hydrogen-bond donors (Lipinski definition) is 2. The second-order valence-corrected chi connectivity index (χ2v) is 8.44. The summed E-state index contributed by atoms with van der Waals surface area (Å²) in [4.78, 5) is 6.48. The van der Waals surface area contributed by atoms with Gasteiger partial charge in [0, 0.05) is 38.4 Å². The molecule has 0 aliphatic carbocycles. The molecule has 25 heavy (non-hydrogen) atoms. The molecule has 2 N–H and O–H groups in total. The number of anilines is 1. The van der Waals surface area contributed by atoms with Crippen molar-refractivity contribution in [3.05, 3.63) is 42.0 Å². The van der Waals surface area contributed by atoms with E-state index in [0.29, 0.717) is 18.9 Å². The van der Waals surface area contributed by atoms with Crippen molar-refractivity contribution in [1.82, 2.24) is 10.6 Å². The first-order valence-corrected chi connectivity index (χ1v) is 10.0. The number of guanidine groups is 1. The van der Waals surface area contributed by atoms with E-state index in [9.17, 15) is 8.42 Å². The average molecular weight is 476 g/mol. The van der Waals surface area contributed by atoms with Crippen LogP contribution in [0.4, 0.5) is 5.69 Å². The minimum atomic E-state index is -2.88. The highest BCUT2D eigenvalue weighted by Crippen LogP contribution is 2.17. The van der Waals surface area contributed by atoms with E-state index >= 15 is 0 Å². The normalized spacial score (nSPS) is 21.9. The summed E-state index contributed by atoms with van der Waals surface area (Å²) in [7, 11) is -1.19. The lowest BCUT2D eigenvalue weighted by molar-refractivity contribution is 0.599. The van der Waals surface area contributed by atoms with Gasteiger partial charge in [0.25, 0.3) is 0 Å². The molecule has 2 heterocycles. The Morgan fingerprint density at radius 2 is 1.92 bits per heavy atom. The molecule has 3 rings (SSSR count). The van der Waals surface area contributed by atoms with E-state index in [1.807, 2.05) is 0 Å². The Bertz CT molecular complexity index is 724. The van der Waals surface area contributed by atoms with Crippen LogP contribution in [0, 0.1) is 0 Å². The molecule has 0 bridgehead atoms. The van der Waals surface area contributed by atoms with Gasteiger partial charge in [-0.1, -0.05) is 24.3 Å². The summed E-state index contributed by atoms with van der Waals surface area (Å²) in [6, 6.07) is 8.42. The highest BCUT2D eigenvalue weighted by Gasteiger charge is 2.28. The average Bonchev–Trinajstić information content (AvgIpc) is 3.21. The topological polar surface area (TPSA) is 73.8 Å². The maximum absolute atomic E-state index is 11.5. The summed E-state index contributed by atoms with van der Waals surface area (Å²) in [5.74, 6) is 1.09. The number of aliphatic imine (C=N–C) groups is 1. The van der Waals surface area contributed by atoms with Crippen LogP contribution in [-0.4, -0.2) is 52.1 Å². The Morgan fingerprint density at radius 3 is 2.48 bits per heavy atom. The summed E-state index contributed by atoms with van der Waals surface area (Å²) in [5.41, 5.74) is 2.38. The first-order valence-electron chi connectivity index (χ1n) is 8.22. The van der Waals surface area contributed by atoms with Gasteiger partial charge in [0.05, 0.1) is 11.5 Å². The van der Waals surface area contributed by atoms with Gasteiger partial charge in [0.1, 0.15) is 0 Å². The van der Waals surface area contributed by atoms with Gasteiger partial charge in [-0.2, -0.15) is 0 Å². The quantitative estimate of drug-likeness (QED) is 0.299. The standard InChI is InChI=1S/C17H24N4O2S.HI/c1-18-17(20-15-8-11-24(22,23)13-15)19-12-14-4-6-16(7-5-14)21-9-2-3-10-21;/h2-7,15H,8-13H2,1H3,(H2,18,19,20);1H. The Labute approximate surface area is 166 Å². The molecule has 0 amide bonds. The van der Waals surface area contributed by atoms with E-state index in [1.165, 1.54) is 5.69 Å². The monoisotopic (exact) mass is 476 g/mol. The molecule has 1 fully saturated rings. The van der Waals surface area contributed by atoms with Crippen molar-refractivity contribution in [2.75, 3.05) is 36.5 Å². The van der Waals surface area contributed by atoms with Gasteiger partial charge in [0.2, 0.25) is 0 Å². The van der Waals surface area contributed by atoms with Crippen molar-refractivity contribution >= 4 is 45.5 Å². The molecule has 0 radical (unpaired) electrons. The van der Waals surface area contributed by atoms with Crippen molar-refractivity contribution in [2.24, 2.45) is 4.99 Å². The van der Waals surface area contributed by atoms with Crippen molar-refractivity contribution in [3.8, 4) is 0 Å². The third-order valence-electron chi connectivity index (χ3n) is 4.38. The highest BCUT2D eigenvalue weighted by atomic mass is 127. The smallest absolute Gasteiger partial charge is 0.191 e. The first-order chi connectivity index (χ1) is 11.6. The lowest BCUT2D eigenvalue weighted by Crippen LogP contribution is -2.43. The minimum Gasteiger partial charge on any atom is -0.364 e. The van der Waals surface area contributed by atoms with Crippen LogP contribution >= 0.6 is 24.0 Å². The van der Waals surface area contributed by atoms with Crippen LogP contribution in [0.25, 0.3) is 0 Å². The number of sulfone groups is 1. The molecule has 8 heteroatoms. The molecule has 1 atom stereocenters. The number of hydrogen-bond acceptors (Lipinski definition) is 4. The van der Waals surface area contributed by atoms with E-state index in [2.05, 4.69) is 56.9 Å². The predicted molar refractivity (Wildman–Crippen MR) is 114 cm³/mol. The molecule has 1 unspecified atom stereocenters. The van der Waals surface area contributed by atoms with E-state index in [4.69, 9.17) is 0 Å². The zero-order valence-corrected chi connectivity index (χ0v) is 17.5. The van der Waals surface area contributed by atoms with Crippen LogP contribution in [-0.2, 0) is 16.4 Å². The molecule has 2 aliphatic rings. The molecule has 0 aromatic heterocycles. The fraction of sp³-hybridized carbons (Fsp3) is 0.471. The first kappa shape index (κ1) is 20.0. The summed E-state index contributed by atoms with van der Waals surface area (Å²) >= 11 is 0. The molecule has 2 aliphatic heterocycles. The lowest BCUT2D eigenvalue weighted by Gasteiger charge is -2.18. The van der Waals surface area contributed by atoms with Gasteiger partial charge >= 0.3 is 0 Å². The van der Waals surface area contributed by atoms with Crippen LogP contribution in [0.5, 0.6) is 0 Å². The minimum absolute atomic E-state index is 0. The van der Waals surface area contributed by atoms with Crippen LogP contribution in [0.3, 0.4) is 0 Å². The van der Waals surface area contributed by atoms with E-state index in [0.717, 1.165) is 18.7 Å². The summed E-state index contributed by atoms with van der Waals surface area (Å²) < 4.78 is 23.0. The zero-order valence-electron chi connectivity index (χ0n) is 14.3.